The van der Waals surface area contributed by atoms with E-state index < -0.39 is 35.7 Å². The number of carboxylic acid groups (broad SMARTS) is 1. The highest BCUT2D eigenvalue weighted by Crippen LogP contribution is 2.19. The van der Waals surface area contributed by atoms with Gasteiger partial charge in [0.2, 0.25) is 17.6 Å². The van der Waals surface area contributed by atoms with Crippen molar-refractivity contribution < 1.29 is 29.1 Å². The van der Waals surface area contributed by atoms with Crippen LogP contribution in [0.2, 0.25) is 0 Å². The van der Waals surface area contributed by atoms with Crippen LogP contribution in [0, 0.1) is 0 Å². The lowest BCUT2D eigenvalue weighted by Crippen LogP contribution is -2.52. The molecule has 0 aliphatic rings. The number of carbonyl (C=O) groups excluding carboxylic acids is 3. The van der Waals surface area contributed by atoms with E-state index in [9.17, 15) is 24.3 Å². The van der Waals surface area contributed by atoms with Crippen LogP contribution in [0.25, 0.3) is 16.4 Å². The number of fused-ring (bicyclic) bond motifs is 1. The number of H-pyrrole nitrogens is 1. The van der Waals surface area contributed by atoms with Crippen LogP contribution < -0.4 is 10.6 Å². The van der Waals surface area contributed by atoms with Crippen LogP contribution in [0.5, 0.6) is 0 Å². The van der Waals surface area contributed by atoms with Gasteiger partial charge in [0.25, 0.3) is 0 Å². The average Bonchev–Trinajstić information content (AvgIpc) is 3.07. The third kappa shape index (κ3) is 6.12. The van der Waals surface area contributed by atoms with Crippen LogP contribution >= 0.6 is 0 Å². The Morgan fingerprint density at radius 1 is 1.21 bits per heavy atom. The SMILES string of the molecule is CC(=O)N[C@@H](Cc1c[nH]c2ccccc12)C(=O)N[C@@H](CCC(=O)C=[N+]=[N-])C(=O)O. The Labute approximate surface area is 165 Å². The second-order valence-corrected chi connectivity index (χ2v) is 6.47. The largest absolute Gasteiger partial charge is 0.480 e. The minimum Gasteiger partial charge on any atom is -0.480 e. The van der Waals surface area contributed by atoms with E-state index in [0.29, 0.717) is 6.21 Å². The molecule has 29 heavy (non-hydrogen) atoms. The number of rotatable bonds is 10. The number of benzene rings is 1. The monoisotopic (exact) mass is 399 g/mol. The van der Waals surface area contributed by atoms with Gasteiger partial charge in [-0.05, 0) is 18.1 Å². The summed E-state index contributed by atoms with van der Waals surface area (Å²) in [6, 6.07) is 5.12. The smallest absolute Gasteiger partial charge is 0.326 e. The molecule has 0 unspecified atom stereocenters. The molecule has 0 saturated carbocycles. The fourth-order valence-electron chi connectivity index (χ4n) is 2.92. The van der Waals surface area contributed by atoms with E-state index in [1.165, 1.54) is 6.92 Å². The van der Waals surface area contributed by atoms with Crippen molar-refractivity contribution in [2.24, 2.45) is 0 Å². The zero-order chi connectivity index (χ0) is 21.4. The van der Waals surface area contributed by atoms with Crippen molar-refractivity contribution in [2.75, 3.05) is 0 Å². The van der Waals surface area contributed by atoms with Crippen molar-refractivity contribution >= 4 is 40.7 Å². The Kier molecular flexibility index (Phi) is 7.39. The molecule has 1 aromatic carbocycles. The number of carboxylic acids is 1. The van der Waals surface area contributed by atoms with E-state index in [1.54, 1.807) is 6.20 Å². The maximum absolute atomic E-state index is 12.7. The Morgan fingerprint density at radius 3 is 2.59 bits per heavy atom. The minimum atomic E-state index is -1.34. The van der Waals surface area contributed by atoms with Gasteiger partial charge < -0.3 is 26.3 Å². The first-order valence-electron chi connectivity index (χ1n) is 8.87. The first kappa shape index (κ1) is 21.5. The van der Waals surface area contributed by atoms with Crippen molar-refractivity contribution in [3.63, 3.8) is 0 Å². The van der Waals surface area contributed by atoms with Crippen LogP contribution in [0.1, 0.15) is 25.3 Å². The summed E-state index contributed by atoms with van der Waals surface area (Å²) in [5.74, 6) is -3.02. The number of hydrogen-bond donors (Lipinski definition) is 4. The van der Waals surface area contributed by atoms with Crippen LogP contribution in [0.4, 0.5) is 0 Å². The third-order valence-electron chi connectivity index (χ3n) is 4.29. The van der Waals surface area contributed by atoms with Crippen molar-refractivity contribution in [1.82, 2.24) is 15.6 Å². The number of nitrogens with zero attached hydrogens (tertiary/aromatic N) is 2. The number of aromatic nitrogens is 1. The summed E-state index contributed by atoms with van der Waals surface area (Å²) in [4.78, 5) is 52.7. The van der Waals surface area contributed by atoms with Gasteiger partial charge in [-0.15, -0.1) is 0 Å². The average molecular weight is 399 g/mol. The second kappa shape index (κ2) is 9.95. The van der Waals surface area contributed by atoms with Gasteiger partial charge >= 0.3 is 12.2 Å². The summed E-state index contributed by atoms with van der Waals surface area (Å²) in [6.45, 7) is 1.26. The quantitative estimate of drug-likeness (QED) is 0.258. The number of amides is 2. The molecular formula is C19H21N5O5. The van der Waals surface area contributed by atoms with Crippen molar-refractivity contribution in [2.45, 2.75) is 38.3 Å². The Balaban J connectivity index is 2.14. The molecule has 0 spiro atoms. The van der Waals surface area contributed by atoms with Gasteiger partial charge in [0.1, 0.15) is 12.1 Å². The minimum absolute atomic E-state index is 0.151. The number of aliphatic carboxylic acids is 1. The number of nitrogens with one attached hydrogen (secondary N) is 3. The molecule has 0 radical (unpaired) electrons. The molecule has 2 atom stereocenters. The topological polar surface area (TPSA) is 165 Å². The van der Waals surface area contributed by atoms with Crippen molar-refractivity contribution in [1.29, 1.82) is 0 Å². The normalized spacial score (nSPS) is 12.4. The molecule has 0 aliphatic heterocycles. The number of aromatic amines is 1. The summed E-state index contributed by atoms with van der Waals surface area (Å²) < 4.78 is 0. The molecule has 0 bridgehead atoms. The fraction of sp³-hybridized carbons (Fsp3) is 0.316. The van der Waals surface area contributed by atoms with Gasteiger partial charge in [-0.25, -0.2) is 4.79 Å². The molecule has 2 rings (SSSR count). The Bertz CT molecular complexity index is 976. The first-order chi connectivity index (χ1) is 13.8. The number of Topliss-reactive ketones (excluding diaryl/α,β-unsaturated/α-hetero) is 1. The lowest BCUT2D eigenvalue weighted by atomic mass is 10.0. The lowest BCUT2D eigenvalue weighted by Gasteiger charge is -2.20. The van der Waals surface area contributed by atoms with E-state index >= 15 is 0 Å². The summed E-state index contributed by atoms with van der Waals surface area (Å²) in [5, 5.41) is 15.1. The number of hydrogen-bond acceptors (Lipinski definition) is 4. The van der Waals surface area contributed by atoms with E-state index in [1.807, 2.05) is 24.3 Å². The molecule has 2 aromatic rings. The molecule has 0 saturated heterocycles. The predicted molar refractivity (Wildman–Crippen MR) is 103 cm³/mol. The molecule has 4 N–H and O–H groups in total. The second-order valence-electron chi connectivity index (χ2n) is 6.47. The molecule has 2 amide bonds. The first-order valence-corrected chi connectivity index (χ1v) is 8.87. The highest BCUT2D eigenvalue weighted by atomic mass is 16.4. The molecule has 10 heteroatoms. The molecule has 1 heterocycles. The molecule has 0 aliphatic carbocycles. The number of carbonyl (C=O) groups is 4. The number of para-hydroxylation sites is 1. The zero-order valence-electron chi connectivity index (χ0n) is 15.7. The van der Waals surface area contributed by atoms with E-state index in [2.05, 4.69) is 20.4 Å². The van der Waals surface area contributed by atoms with Gasteiger partial charge in [0.05, 0.1) is 0 Å². The molecule has 1 aromatic heterocycles. The summed E-state index contributed by atoms with van der Waals surface area (Å²) >= 11 is 0. The van der Waals surface area contributed by atoms with Gasteiger partial charge in [-0.2, -0.15) is 4.79 Å². The standard InChI is InChI=1S/C19H21N5O5/c1-11(25)23-17(8-12-9-21-15-5-3-2-4-14(12)15)18(27)24-16(19(28)29)7-6-13(26)10-22-20/h2-5,9-10,16-17,21H,6-8H2,1H3,(H,23,25)(H,24,27)(H,28,29)/t16-,17-/m0/s1. The van der Waals surface area contributed by atoms with Gasteiger partial charge in [0, 0.05) is 36.9 Å². The molecular weight excluding hydrogens is 378 g/mol. The van der Waals surface area contributed by atoms with Crippen molar-refractivity contribution in [3.8, 4) is 0 Å². The molecule has 152 valence electrons. The van der Waals surface area contributed by atoms with E-state index in [-0.39, 0.29) is 19.3 Å². The van der Waals surface area contributed by atoms with Crippen molar-refractivity contribution in [3.05, 3.63) is 41.6 Å². The van der Waals surface area contributed by atoms with Gasteiger partial charge in [-0.1, -0.05) is 18.2 Å². The van der Waals surface area contributed by atoms with Crippen LogP contribution in [0.3, 0.4) is 0 Å². The third-order valence-corrected chi connectivity index (χ3v) is 4.29. The van der Waals surface area contributed by atoms with Gasteiger partial charge in [-0.3, -0.25) is 14.4 Å². The van der Waals surface area contributed by atoms with Crippen LogP contribution in [0.15, 0.2) is 30.5 Å². The zero-order valence-corrected chi connectivity index (χ0v) is 15.7. The lowest BCUT2D eigenvalue weighted by molar-refractivity contribution is -0.142. The maximum Gasteiger partial charge on any atom is 0.326 e. The number of ketones is 1. The van der Waals surface area contributed by atoms with Crippen LogP contribution in [-0.2, 0) is 25.6 Å². The maximum atomic E-state index is 12.7. The summed E-state index contributed by atoms with van der Waals surface area (Å²) in [5.41, 5.74) is 9.99. The van der Waals surface area contributed by atoms with E-state index in [0.717, 1.165) is 16.5 Å². The van der Waals surface area contributed by atoms with Crippen LogP contribution in [-0.4, -0.2) is 56.7 Å². The molecule has 10 nitrogen and oxygen atoms in total. The molecule has 0 fully saturated rings. The fourth-order valence-corrected chi connectivity index (χ4v) is 2.92. The van der Waals surface area contributed by atoms with Gasteiger partial charge in [0.15, 0.2) is 0 Å². The summed E-state index contributed by atoms with van der Waals surface area (Å²) in [7, 11) is 0. The highest BCUT2D eigenvalue weighted by molar-refractivity contribution is 6.25. The Morgan fingerprint density at radius 2 is 1.93 bits per heavy atom. The summed E-state index contributed by atoms with van der Waals surface area (Å²) in [6.07, 6.45) is 2.13. The highest BCUT2D eigenvalue weighted by Gasteiger charge is 2.27. The predicted octanol–water partition coefficient (Wildman–Crippen LogP) is 0.434. The Hall–Kier alpha value is -3.78. The van der Waals surface area contributed by atoms with E-state index in [4.69, 9.17) is 5.53 Å².